The molecule has 2 aromatic carbocycles. The van der Waals surface area contributed by atoms with Crippen LogP contribution in [-0.4, -0.2) is 18.4 Å². The summed E-state index contributed by atoms with van der Waals surface area (Å²) < 4.78 is 16.1. The first kappa shape index (κ1) is 19.3. The molecule has 8 heteroatoms. The van der Waals surface area contributed by atoms with Gasteiger partial charge in [0.2, 0.25) is 0 Å². The van der Waals surface area contributed by atoms with E-state index in [4.69, 9.17) is 13.6 Å². The van der Waals surface area contributed by atoms with Crippen LogP contribution in [0, 0.1) is 13.8 Å². The van der Waals surface area contributed by atoms with Gasteiger partial charge < -0.3 is 13.6 Å². The summed E-state index contributed by atoms with van der Waals surface area (Å²) in [5.41, 5.74) is 6.56. The van der Waals surface area contributed by atoms with Crippen molar-refractivity contribution in [3.8, 4) is 5.75 Å². The van der Waals surface area contributed by atoms with E-state index >= 15 is 0 Å². The highest BCUT2D eigenvalue weighted by atomic mass is 16.5. The lowest BCUT2D eigenvalue weighted by Crippen LogP contribution is -2.43. The Balaban J connectivity index is 1.37. The Bertz CT molecular complexity index is 1330. The Morgan fingerprint density at radius 3 is 2.53 bits per heavy atom. The maximum atomic E-state index is 12.3. The number of hydrogen-bond donors (Lipinski definition) is 2. The smallest absolute Gasteiger partial charge is 0.336 e. The van der Waals surface area contributed by atoms with Crippen LogP contribution in [0.3, 0.4) is 0 Å². The molecule has 0 bridgehead atoms. The second-order valence-corrected chi connectivity index (χ2v) is 6.75. The largest absolute Gasteiger partial charge is 0.484 e. The molecule has 0 radical (unpaired) electrons. The number of rotatable bonds is 4. The second kappa shape index (κ2) is 7.75. The molecule has 2 N–H and O–H groups in total. The van der Waals surface area contributed by atoms with Gasteiger partial charge in [-0.3, -0.25) is 20.4 Å². The van der Waals surface area contributed by atoms with Gasteiger partial charge in [0.25, 0.3) is 5.91 Å². The third kappa shape index (κ3) is 3.75. The average Bonchev–Trinajstić information content (AvgIpc) is 3.07. The maximum absolute atomic E-state index is 12.3. The maximum Gasteiger partial charge on any atom is 0.336 e. The van der Waals surface area contributed by atoms with Gasteiger partial charge in [0.15, 0.2) is 12.4 Å². The summed E-state index contributed by atoms with van der Waals surface area (Å²) in [5.74, 6) is -0.661. The molecule has 8 nitrogen and oxygen atoms in total. The highest BCUT2D eigenvalue weighted by molar-refractivity contribution is 5.99. The van der Waals surface area contributed by atoms with Crippen LogP contribution < -0.4 is 21.2 Å². The van der Waals surface area contributed by atoms with Gasteiger partial charge in [-0.1, -0.05) is 18.2 Å². The van der Waals surface area contributed by atoms with Crippen molar-refractivity contribution in [1.29, 1.82) is 0 Å². The summed E-state index contributed by atoms with van der Waals surface area (Å²) in [4.78, 5) is 35.9. The molecule has 4 rings (SSSR count). The lowest BCUT2D eigenvalue weighted by atomic mass is 10.1. The summed E-state index contributed by atoms with van der Waals surface area (Å²) in [6.07, 6.45) is 0. The zero-order chi connectivity index (χ0) is 21.3. The van der Waals surface area contributed by atoms with E-state index in [2.05, 4.69) is 10.9 Å². The number of carbonyl (C=O) groups excluding carboxylic acids is 2. The molecule has 2 heterocycles. The average molecular weight is 406 g/mol. The first-order valence-electron chi connectivity index (χ1n) is 9.17. The molecule has 0 saturated carbocycles. The van der Waals surface area contributed by atoms with E-state index in [0.29, 0.717) is 22.5 Å². The summed E-state index contributed by atoms with van der Waals surface area (Å²) in [6, 6.07) is 13.6. The first-order chi connectivity index (χ1) is 14.4. The summed E-state index contributed by atoms with van der Waals surface area (Å²) in [7, 11) is 0. The third-order valence-electron chi connectivity index (χ3n) is 4.66. The van der Waals surface area contributed by atoms with Crippen LogP contribution in [0.15, 0.2) is 62.2 Å². The molecule has 4 aromatic rings. The Morgan fingerprint density at radius 2 is 1.73 bits per heavy atom. The normalized spacial score (nSPS) is 10.9. The molecule has 0 aliphatic carbocycles. The zero-order valence-electron chi connectivity index (χ0n) is 16.3. The number of ether oxygens (including phenoxy) is 1. The van der Waals surface area contributed by atoms with Gasteiger partial charge in [-0.25, -0.2) is 4.79 Å². The molecule has 2 amide bonds. The Kier molecular flexibility index (Phi) is 4.97. The molecular formula is C22H18N2O6. The van der Waals surface area contributed by atoms with Gasteiger partial charge in [0.1, 0.15) is 16.9 Å². The molecule has 0 saturated heterocycles. The Hall–Kier alpha value is -4.07. The molecule has 0 unspecified atom stereocenters. The lowest BCUT2D eigenvalue weighted by Gasteiger charge is -2.09. The number of fused-ring (bicyclic) bond motifs is 2. The topological polar surface area (TPSA) is 111 Å². The van der Waals surface area contributed by atoms with Crippen LogP contribution in [-0.2, 0) is 4.79 Å². The van der Waals surface area contributed by atoms with Gasteiger partial charge in [0.05, 0.1) is 0 Å². The predicted molar refractivity (Wildman–Crippen MR) is 109 cm³/mol. The number of para-hydroxylation sites is 1. The summed E-state index contributed by atoms with van der Waals surface area (Å²) in [5, 5.41) is 1.61. The fourth-order valence-corrected chi connectivity index (χ4v) is 3.15. The van der Waals surface area contributed by atoms with Crippen molar-refractivity contribution in [1.82, 2.24) is 10.9 Å². The minimum atomic E-state index is -0.569. The van der Waals surface area contributed by atoms with Crippen molar-refractivity contribution < 1.29 is 23.2 Å². The second-order valence-electron chi connectivity index (χ2n) is 6.75. The standard InChI is InChI=1S/C22H18N2O6/c1-12-9-20(26)29-18-10-14(7-8-15(12)18)28-11-19(25)23-24-22(27)21-13(2)16-5-3-4-6-17(16)30-21/h3-10H,11H2,1-2H3,(H,23,25)(H,24,27). The number of nitrogens with one attached hydrogen (secondary N) is 2. The predicted octanol–water partition coefficient (Wildman–Crippen LogP) is 3.00. The molecule has 0 spiro atoms. The van der Waals surface area contributed by atoms with Crippen LogP contribution in [0.1, 0.15) is 21.7 Å². The van der Waals surface area contributed by atoms with Crippen molar-refractivity contribution in [2.24, 2.45) is 0 Å². The van der Waals surface area contributed by atoms with E-state index < -0.39 is 17.4 Å². The molecule has 152 valence electrons. The summed E-state index contributed by atoms with van der Waals surface area (Å²) in [6.45, 7) is 3.23. The van der Waals surface area contributed by atoms with Crippen LogP contribution >= 0.6 is 0 Å². The number of benzene rings is 2. The van der Waals surface area contributed by atoms with E-state index in [1.165, 1.54) is 12.1 Å². The quantitative estimate of drug-likeness (QED) is 0.398. The molecule has 0 atom stereocenters. The van der Waals surface area contributed by atoms with E-state index in [1.54, 1.807) is 32.0 Å². The number of hydrazine groups is 1. The van der Waals surface area contributed by atoms with Crippen molar-refractivity contribution in [2.45, 2.75) is 13.8 Å². The van der Waals surface area contributed by atoms with Crippen molar-refractivity contribution in [3.63, 3.8) is 0 Å². The van der Waals surface area contributed by atoms with Gasteiger partial charge in [-0.15, -0.1) is 0 Å². The van der Waals surface area contributed by atoms with Crippen LogP contribution in [0.4, 0.5) is 0 Å². The number of aryl methyl sites for hydroxylation is 2. The zero-order valence-corrected chi connectivity index (χ0v) is 16.3. The molecule has 0 fully saturated rings. The Labute approximate surface area is 170 Å². The van der Waals surface area contributed by atoms with Crippen molar-refractivity contribution >= 4 is 33.8 Å². The fourth-order valence-electron chi connectivity index (χ4n) is 3.15. The number of carbonyl (C=O) groups is 2. The number of amides is 2. The molecule has 30 heavy (non-hydrogen) atoms. The lowest BCUT2D eigenvalue weighted by molar-refractivity contribution is -0.123. The molecule has 2 aromatic heterocycles. The molecule has 0 aliphatic heterocycles. The third-order valence-corrected chi connectivity index (χ3v) is 4.66. The highest BCUT2D eigenvalue weighted by Gasteiger charge is 2.18. The minimum Gasteiger partial charge on any atom is -0.484 e. The van der Waals surface area contributed by atoms with Crippen LogP contribution in [0.25, 0.3) is 21.9 Å². The van der Waals surface area contributed by atoms with Gasteiger partial charge in [0, 0.05) is 28.5 Å². The molecular weight excluding hydrogens is 388 g/mol. The fraction of sp³-hybridized carbons (Fsp3) is 0.136. The van der Waals surface area contributed by atoms with Crippen molar-refractivity contribution in [3.05, 3.63) is 75.8 Å². The first-order valence-corrected chi connectivity index (χ1v) is 9.17. The minimum absolute atomic E-state index is 0.123. The monoisotopic (exact) mass is 406 g/mol. The number of hydrogen-bond acceptors (Lipinski definition) is 6. The SMILES string of the molecule is Cc1cc(=O)oc2cc(OCC(=O)NNC(=O)c3oc4ccccc4c3C)ccc12. The van der Waals surface area contributed by atoms with Crippen LogP contribution in [0.5, 0.6) is 5.75 Å². The molecule has 0 aliphatic rings. The Morgan fingerprint density at radius 1 is 0.933 bits per heavy atom. The van der Waals surface area contributed by atoms with E-state index in [1.807, 2.05) is 18.2 Å². The van der Waals surface area contributed by atoms with E-state index in [0.717, 1.165) is 16.3 Å². The van der Waals surface area contributed by atoms with Gasteiger partial charge >= 0.3 is 11.5 Å². The number of furan rings is 1. The van der Waals surface area contributed by atoms with Crippen molar-refractivity contribution in [2.75, 3.05) is 6.61 Å². The van der Waals surface area contributed by atoms with Gasteiger partial charge in [-0.05, 0) is 37.6 Å². The van der Waals surface area contributed by atoms with Gasteiger partial charge in [-0.2, -0.15) is 0 Å². The van der Waals surface area contributed by atoms with E-state index in [9.17, 15) is 14.4 Å². The summed E-state index contributed by atoms with van der Waals surface area (Å²) >= 11 is 0. The highest BCUT2D eigenvalue weighted by Crippen LogP contribution is 2.24. The van der Waals surface area contributed by atoms with E-state index in [-0.39, 0.29) is 12.4 Å². The van der Waals surface area contributed by atoms with Crippen LogP contribution in [0.2, 0.25) is 0 Å².